The lowest BCUT2D eigenvalue weighted by Gasteiger charge is -2.02. The van der Waals surface area contributed by atoms with E-state index in [0.29, 0.717) is 15.0 Å². The highest BCUT2D eigenvalue weighted by Gasteiger charge is 2.30. The van der Waals surface area contributed by atoms with E-state index in [1.165, 1.54) is 28.2 Å². The molecule has 0 aliphatic heterocycles. The van der Waals surface area contributed by atoms with Crippen LogP contribution in [0.2, 0.25) is 0 Å². The Bertz CT molecular complexity index is 1030. The maximum Gasteiger partial charge on any atom is 0.267 e. The lowest BCUT2D eigenvalue weighted by atomic mass is 10.1. The fraction of sp³-hybridized carbons (Fsp3) is 0.318. The molecular weight excluding hydrogens is 402 g/mol. The van der Waals surface area contributed by atoms with Crippen LogP contribution in [0.3, 0.4) is 0 Å². The fourth-order valence-corrected chi connectivity index (χ4v) is 4.73. The molecule has 0 radical (unpaired) electrons. The number of carbonyl (C=O) groups excluding carboxylic acids is 2. The van der Waals surface area contributed by atoms with E-state index in [2.05, 4.69) is 46.8 Å². The number of aromatic nitrogens is 1. The summed E-state index contributed by atoms with van der Waals surface area (Å²) in [5, 5.41) is 7.05. The van der Waals surface area contributed by atoms with Crippen LogP contribution in [0.5, 0.6) is 0 Å². The molecule has 5 nitrogen and oxygen atoms in total. The van der Waals surface area contributed by atoms with Crippen molar-refractivity contribution in [2.24, 2.45) is 5.92 Å². The van der Waals surface area contributed by atoms with Crippen molar-refractivity contribution in [1.82, 2.24) is 4.98 Å². The number of hydrogen-bond donors (Lipinski definition) is 2. The molecule has 150 valence electrons. The van der Waals surface area contributed by atoms with Gasteiger partial charge in [0.15, 0.2) is 5.13 Å². The van der Waals surface area contributed by atoms with Gasteiger partial charge in [0.05, 0.1) is 15.6 Å². The molecule has 0 saturated heterocycles. The number of thiazole rings is 1. The lowest BCUT2D eigenvalue weighted by molar-refractivity contribution is -0.117. The molecule has 2 aromatic heterocycles. The molecule has 1 saturated carbocycles. The highest BCUT2D eigenvalue weighted by Crippen LogP contribution is 2.33. The Labute approximate surface area is 178 Å². The van der Waals surface area contributed by atoms with Crippen LogP contribution >= 0.6 is 22.7 Å². The molecule has 2 N–H and O–H groups in total. The van der Waals surface area contributed by atoms with Gasteiger partial charge < -0.3 is 5.32 Å². The van der Waals surface area contributed by atoms with Gasteiger partial charge in [0, 0.05) is 16.4 Å². The largest absolute Gasteiger partial charge is 0.317 e. The van der Waals surface area contributed by atoms with Gasteiger partial charge >= 0.3 is 0 Å². The molecule has 2 heterocycles. The third-order valence-electron chi connectivity index (χ3n) is 4.81. The van der Waals surface area contributed by atoms with Gasteiger partial charge in [-0.1, -0.05) is 37.6 Å². The van der Waals surface area contributed by atoms with Crippen LogP contribution in [0.15, 0.2) is 36.4 Å². The number of nitrogens with one attached hydrogen (secondary N) is 2. The summed E-state index contributed by atoms with van der Waals surface area (Å²) in [7, 11) is 0. The molecule has 0 bridgehead atoms. The first-order valence-electron chi connectivity index (χ1n) is 9.82. The fourth-order valence-electron chi connectivity index (χ4n) is 3.09. The normalized spacial score (nSPS) is 13.3. The number of anilines is 2. The molecule has 1 aliphatic carbocycles. The van der Waals surface area contributed by atoms with Crippen LogP contribution in [-0.4, -0.2) is 16.8 Å². The average molecular weight is 426 g/mol. The highest BCUT2D eigenvalue weighted by atomic mass is 32.1. The molecule has 0 unspecified atom stereocenters. The molecular formula is C22H23N3O2S2. The van der Waals surface area contributed by atoms with E-state index in [1.54, 1.807) is 12.1 Å². The van der Waals surface area contributed by atoms with E-state index < -0.39 is 0 Å². The number of carbonyl (C=O) groups is 2. The van der Waals surface area contributed by atoms with Gasteiger partial charge in [-0.15, -0.1) is 22.7 Å². The Kier molecular flexibility index (Phi) is 5.78. The molecule has 1 aromatic carbocycles. The monoisotopic (exact) mass is 425 g/mol. The van der Waals surface area contributed by atoms with E-state index in [4.69, 9.17) is 0 Å². The first-order valence-corrected chi connectivity index (χ1v) is 11.5. The number of thiophene rings is 1. The van der Waals surface area contributed by atoms with Crippen molar-refractivity contribution in [3.8, 4) is 11.3 Å². The zero-order valence-electron chi connectivity index (χ0n) is 16.5. The van der Waals surface area contributed by atoms with Gasteiger partial charge in [0.1, 0.15) is 0 Å². The van der Waals surface area contributed by atoms with Crippen molar-refractivity contribution in [2.75, 3.05) is 10.6 Å². The maximum absolute atomic E-state index is 12.6. The van der Waals surface area contributed by atoms with Crippen LogP contribution in [0.4, 0.5) is 10.1 Å². The van der Waals surface area contributed by atoms with Crippen LogP contribution in [0.1, 0.15) is 46.3 Å². The van der Waals surface area contributed by atoms with Crippen molar-refractivity contribution in [2.45, 2.75) is 39.5 Å². The number of aryl methyl sites for hydroxylation is 2. The summed E-state index contributed by atoms with van der Waals surface area (Å²) in [6.45, 7) is 4.18. The lowest BCUT2D eigenvalue weighted by Crippen LogP contribution is -2.12. The van der Waals surface area contributed by atoms with Crippen molar-refractivity contribution in [3.63, 3.8) is 0 Å². The molecule has 3 aromatic rings. The van der Waals surface area contributed by atoms with Gasteiger partial charge in [-0.2, -0.15) is 0 Å². The standard InChI is InChI=1S/C22H23N3O2S2/c1-3-4-14-5-7-15(8-6-14)19-13(2)28-22(24-19)25-21(27)17-11-12-18(29-17)23-20(26)16-9-10-16/h5-8,11-12,16H,3-4,9-10H2,1-2H3,(H,23,26)(H,24,25,27). The van der Waals surface area contributed by atoms with Crippen molar-refractivity contribution >= 4 is 44.6 Å². The van der Waals surface area contributed by atoms with Crippen molar-refractivity contribution < 1.29 is 9.59 Å². The molecule has 1 aliphatic rings. The second kappa shape index (κ2) is 8.47. The molecule has 2 amide bonds. The zero-order valence-corrected chi connectivity index (χ0v) is 18.1. The van der Waals surface area contributed by atoms with Crippen LogP contribution in [-0.2, 0) is 11.2 Å². The summed E-state index contributed by atoms with van der Waals surface area (Å²) in [6.07, 6.45) is 4.11. The summed E-state index contributed by atoms with van der Waals surface area (Å²) in [5.74, 6) is -0.0217. The molecule has 1 fully saturated rings. The van der Waals surface area contributed by atoms with Crippen molar-refractivity contribution in [3.05, 3.63) is 51.7 Å². The first kappa shape index (κ1) is 19.8. The van der Waals surface area contributed by atoms with Gasteiger partial charge in [-0.25, -0.2) is 4.98 Å². The van der Waals surface area contributed by atoms with E-state index in [1.807, 2.05) is 6.92 Å². The topological polar surface area (TPSA) is 71.1 Å². The smallest absolute Gasteiger partial charge is 0.267 e. The molecule has 0 spiro atoms. The third-order valence-corrected chi connectivity index (χ3v) is 6.69. The number of rotatable bonds is 7. The quantitative estimate of drug-likeness (QED) is 0.507. The van der Waals surface area contributed by atoms with E-state index in [0.717, 1.165) is 41.8 Å². The number of benzene rings is 1. The molecule has 0 atom stereocenters. The van der Waals surface area contributed by atoms with Gasteiger partial charge in [-0.05, 0) is 43.9 Å². The molecule has 29 heavy (non-hydrogen) atoms. The minimum absolute atomic E-state index is 0.0453. The first-order chi connectivity index (χ1) is 14.0. The van der Waals surface area contributed by atoms with E-state index in [9.17, 15) is 9.59 Å². The summed E-state index contributed by atoms with van der Waals surface area (Å²) in [6, 6.07) is 12.0. The zero-order chi connectivity index (χ0) is 20.4. The van der Waals surface area contributed by atoms with Gasteiger partial charge in [0.25, 0.3) is 5.91 Å². The second-order valence-electron chi connectivity index (χ2n) is 7.25. The van der Waals surface area contributed by atoms with Crippen molar-refractivity contribution in [1.29, 1.82) is 0 Å². The van der Waals surface area contributed by atoms with E-state index >= 15 is 0 Å². The number of nitrogens with zero attached hydrogens (tertiary/aromatic N) is 1. The Morgan fingerprint density at radius 3 is 2.52 bits per heavy atom. The average Bonchev–Trinajstić information content (AvgIpc) is 3.36. The van der Waals surface area contributed by atoms with Crippen LogP contribution in [0, 0.1) is 12.8 Å². The summed E-state index contributed by atoms with van der Waals surface area (Å²) < 4.78 is 0. The SMILES string of the molecule is CCCc1ccc(-c2nc(NC(=O)c3ccc(NC(=O)C4CC4)s3)sc2C)cc1. The summed E-state index contributed by atoms with van der Waals surface area (Å²) >= 11 is 2.75. The summed E-state index contributed by atoms with van der Waals surface area (Å²) in [4.78, 5) is 30.7. The minimum Gasteiger partial charge on any atom is -0.317 e. The Balaban J connectivity index is 1.43. The minimum atomic E-state index is -0.208. The third kappa shape index (κ3) is 4.74. The predicted molar refractivity (Wildman–Crippen MR) is 120 cm³/mol. The highest BCUT2D eigenvalue weighted by molar-refractivity contribution is 7.18. The molecule has 4 rings (SSSR count). The Morgan fingerprint density at radius 1 is 1.07 bits per heavy atom. The maximum atomic E-state index is 12.6. The number of amides is 2. The van der Waals surface area contributed by atoms with Crippen LogP contribution < -0.4 is 10.6 Å². The predicted octanol–water partition coefficient (Wildman–Crippen LogP) is 5.73. The Morgan fingerprint density at radius 2 is 1.83 bits per heavy atom. The van der Waals surface area contributed by atoms with Gasteiger partial charge in [0.2, 0.25) is 5.91 Å². The van der Waals surface area contributed by atoms with E-state index in [-0.39, 0.29) is 17.7 Å². The Hall–Kier alpha value is -2.51. The van der Waals surface area contributed by atoms with Crippen LogP contribution in [0.25, 0.3) is 11.3 Å². The molecule has 7 heteroatoms. The summed E-state index contributed by atoms with van der Waals surface area (Å²) in [5.41, 5.74) is 3.28. The second-order valence-corrected chi connectivity index (χ2v) is 9.54. The van der Waals surface area contributed by atoms with Gasteiger partial charge in [-0.3, -0.25) is 14.9 Å². The number of hydrogen-bond acceptors (Lipinski definition) is 5.